The predicted molar refractivity (Wildman–Crippen MR) is 123 cm³/mol. The van der Waals surface area contributed by atoms with Crippen LogP contribution in [0.15, 0.2) is 71.1 Å². The lowest BCUT2D eigenvalue weighted by Gasteiger charge is -2.25. The summed E-state index contributed by atoms with van der Waals surface area (Å²) < 4.78 is 27.2. The maximum atomic E-state index is 12.7. The zero-order chi connectivity index (χ0) is 22.7. The van der Waals surface area contributed by atoms with Crippen LogP contribution < -0.4 is 10.0 Å². The first kappa shape index (κ1) is 22.0. The van der Waals surface area contributed by atoms with Crippen LogP contribution in [0.4, 0.5) is 10.8 Å². The minimum absolute atomic E-state index is 0.0591. The van der Waals surface area contributed by atoms with E-state index in [4.69, 9.17) is 0 Å². The highest BCUT2D eigenvalue weighted by Gasteiger charge is 2.37. The van der Waals surface area contributed by atoms with Crippen LogP contribution in [0.25, 0.3) is 0 Å². The molecule has 1 aliphatic heterocycles. The monoisotopic (exact) mass is 470 g/mol. The molecular formula is C22H22N4O4S2. The molecule has 1 aromatic heterocycles. The fourth-order valence-electron chi connectivity index (χ4n) is 3.60. The lowest BCUT2D eigenvalue weighted by atomic mass is 10.1. The van der Waals surface area contributed by atoms with Crippen molar-refractivity contribution < 1.29 is 18.0 Å². The molecule has 2 unspecified atom stereocenters. The van der Waals surface area contributed by atoms with Crippen molar-refractivity contribution in [1.82, 2.24) is 9.88 Å². The SMILES string of the molecule is CC(c1ccccc1)N1CC(C(=O)Nc2ccc(S(=O)(=O)Nc3nccs3)cc2)CC1=O. The molecule has 0 bridgehead atoms. The summed E-state index contributed by atoms with van der Waals surface area (Å²) in [5.74, 6) is -0.794. The molecule has 4 rings (SSSR count). The van der Waals surface area contributed by atoms with Crippen molar-refractivity contribution in [1.29, 1.82) is 0 Å². The zero-order valence-corrected chi connectivity index (χ0v) is 18.9. The number of carbonyl (C=O) groups is 2. The number of rotatable bonds is 7. The van der Waals surface area contributed by atoms with E-state index in [0.717, 1.165) is 5.56 Å². The summed E-state index contributed by atoms with van der Waals surface area (Å²) >= 11 is 1.18. The van der Waals surface area contributed by atoms with Crippen molar-refractivity contribution in [2.45, 2.75) is 24.3 Å². The van der Waals surface area contributed by atoms with Crippen molar-refractivity contribution >= 4 is 44.0 Å². The number of nitrogens with zero attached hydrogens (tertiary/aromatic N) is 2. The molecule has 0 spiro atoms. The van der Waals surface area contributed by atoms with Gasteiger partial charge in [0.2, 0.25) is 11.8 Å². The zero-order valence-electron chi connectivity index (χ0n) is 17.3. The van der Waals surface area contributed by atoms with Gasteiger partial charge >= 0.3 is 0 Å². The summed E-state index contributed by atoms with van der Waals surface area (Å²) in [5, 5.41) is 4.74. The molecule has 1 aliphatic rings. The summed E-state index contributed by atoms with van der Waals surface area (Å²) in [6, 6.07) is 15.4. The van der Waals surface area contributed by atoms with Crippen molar-refractivity contribution in [3.63, 3.8) is 0 Å². The van der Waals surface area contributed by atoms with E-state index in [1.165, 1.54) is 41.8 Å². The minimum atomic E-state index is -3.76. The minimum Gasteiger partial charge on any atom is -0.335 e. The number of aromatic nitrogens is 1. The van der Waals surface area contributed by atoms with Crippen molar-refractivity contribution in [3.05, 3.63) is 71.7 Å². The van der Waals surface area contributed by atoms with Gasteiger partial charge in [0.25, 0.3) is 10.0 Å². The molecule has 2 N–H and O–H groups in total. The first-order chi connectivity index (χ1) is 15.3. The summed E-state index contributed by atoms with van der Waals surface area (Å²) in [7, 11) is -3.76. The Balaban J connectivity index is 1.38. The summed E-state index contributed by atoms with van der Waals surface area (Å²) in [4.78, 5) is 30.9. The second-order valence-electron chi connectivity index (χ2n) is 7.49. The molecule has 1 fully saturated rings. The van der Waals surface area contributed by atoms with Gasteiger partial charge in [-0.05, 0) is 36.8 Å². The van der Waals surface area contributed by atoms with Crippen LogP contribution in [0.5, 0.6) is 0 Å². The predicted octanol–water partition coefficient (Wildman–Crippen LogP) is 3.49. The van der Waals surface area contributed by atoms with Crippen LogP contribution in [-0.2, 0) is 19.6 Å². The van der Waals surface area contributed by atoms with Crippen LogP contribution >= 0.6 is 11.3 Å². The van der Waals surface area contributed by atoms with Gasteiger partial charge in [-0.15, -0.1) is 11.3 Å². The van der Waals surface area contributed by atoms with Crippen molar-refractivity contribution in [2.75, 3.05) is 16.6 Å². The topological polar surface area (TPSA) is 108 Å². The van der Waals surface area contributed by atoms with Gasteiger partial charge in [0.1, 0.15) is 0 Å². The number of likely N-dealkylation sites (tertiary alicyclic amines) is 1. The molecular weight excluding hydrogens is 448 g/mol. The smallest absolute Gasteiger partial charge is 0.263 e. The lowest BCUT2D eigenvalue weighted by Crippen LogP contribution is -2.30. The Morgan fingerprint density at radius 2 is 1.88 bits per heavy atom. The number of benzene rings is 2. The second-order valence-corrected chi connectivity index (χ2v) is 10.1. The first-order valence-electron chi connectivity index (χ1n) is 10.0. The van der Waals surface area contributed by atoms with Crippen molar-refractivity contribution in [3.8, 4) is 0 Å². The second kappa shape index (κ2) is 9.09. The van der Waals surface area contributed by atoms with Crippen LogP contribution in [0.3, 0.4) is 0 Å². The molecule has 32 heavy (non-hydrogen) atoms. The van der Waals surface area contributed by atoms with E-state index in [0.29, 0.717) is 12.2 Å². The van der Waals surface area contributed by atoms with E-state index >= 15 is 0 Å². The molecule has 8 nitrogen and oxygen atoms in total. The third-order valence-corrected chi connectivity index (χ3v) is 7.54. The molecule has 0 saturated carbocycles. The molecule has 0 radical (unpaired) electrons. The summed E-state index contributed by atoms with van der Waals surface area (Å²) in [6.45, 7) is 2.29. The Kier molecular flexibility index (Phi) is 6.24. The van der Waals surface area contributed by atoms with Crippen LogP contribution in [-0.4, -0.2) is 36.7 Å². The van der Waals surface area contributed by atoms with Crippen molar-refractivity contribution in [2.24, 2.45) is 5.92 Å². The summed E-state index contributed by atoms with van der Waals surface area (Å²) in [5.41, 5.74) is 1.48. The number of hydrogen-bond donors (Lipinski definition) is 2. The molecule has 2 heterocycles. The van der Waals surface area contributed by atoms with Gasteiger partial charge < -0.3 is 10.2 Å². The van der Waals surface area contributed by atoms with Gasteiger partial charge in [0, 0.05) is 30.2 Å². The Bertz CT molecular complexity index is 1200. The Hall–Kier alpha value is -3.24. The normalized spacial score (nSPS) is 17.2. The van der Waals surface area contributed by atoms with E-state index in [2.05, 4.69) is 15.0 Å². The number of nitrogens with one attached hydrogen (secondary N) is 2. The number of anilines is 2. The maximum Gasteiger partial charge on any atom is 0.263 e. The number of thiazole rings is 1. The molecule has 1 saturated heterocycles. The Morgan fingerprint density at radius 1 is 1.16 bits per heavy atom. The molecule has 0 aliphatic carbocycles. The van der Waals surface area contributed by atoms with Gasteiger partial charge in [0.05, 0.1) is 16.9 Å². The molecule has 166 valence electrons. The highest BCUT2D eigenvalue weighted by molar-refractivity contribution is 7.93. The highest BCUT2D eigenvalue weighted by Crippen LogP contribution is 2.29. The molecule has 2 amide bonds. The standard InChI is InChI=1S/C22H22N4O4S2/c1-15(16-5-3-2-4-6-16)26-14-17(13-20(26)27)21(28)24-18-7-9-19(10-8-18)32(29,30)25-22-23-11-12-31-22/h2-12,15,17H,13-14H2,1H3,(H,23,25)(H,24,28). The van der Waals surface area contributed by atoms with E-state index in [1.807, 2.05) is 37.3 Å². The quantitative estimate of drug-likeness (QED) is 0.549. The van der Waals surface area contributed by atoms with Crippen LogP contribution in [0.2, 0.25) is 0 Å². The van der Waals surface area contributed by atoms with Gasteiger partial charge in [0.15, 0.2) is 5.13 Å². The fourth-order valence-corrected chi connectivity index (χ4v) is 5.39. The van der Waals surface area contributed by atoms with E-state index in [1.54, 1.807) is 10.3 Å². The third-order valence-electron chi connectivity index (χ3n) is 5.36. The van der Waals surface area contributed by atoms with Gasteiger partial charge in [-0.2, -0.15) is 0 Å². The summed E-state index contributed by atoms with van der Waals surface area (Å²) in [6.07, 6.45) is 1.66. The number of carbonyl (C=O) groups excluding carboxylic acids is 2. The number of hydrogen-bond acceptors (Lipinski definition) is 6. The van der Waals surface area contributed by atoms with Gasteiger partial charge in [-0.1, -0.05) is 30.3 Å². The van der Waals surface area contributed by atoms with Gasteiger partial charge in [-0.25, -0.2) is 13.4 Å². The fraction of sp³-hybridized carbons (Fsp3) is 0.227. The highest BCUT2D eigenvalue weighted by atomic mass is 32.2. The van der Waals surface area contributed by atoms with Crippen LogP contribution in [0, 0.1) is 5.92 Å². The largest absolute Gasteiger partial charge is 0.335 e. The molecule has 2 aromatic carbocycles. The number of sulfonamides is 1. The molecule has 2 atom stereocenters. The third kappa shape index (κ3) is 4.81. The molecule has 10 heteroatoms. The Labute approximate surface area is 190 Å². The average molecular weight is 471 g/mol. The average Bonchev–Trinajstić information content (AvgIpc) is 3.43. The van der Waals surface area contributed by atoms with E-state index in [-0.39, 0.29) is 34.3 Å². The van der Waals surface area contributed by atoms with E-state index in [9.17, 15) is 18.0 Å². The molecule has 3 aromatic rings. The van der Waals surface area contributed by atoms with Crippen LogP contribution in [0.1, 0.15) is 24.9 Å². The lowest BCUT2D eigenvalue weighted by molar-refractivity contribution is -0.129. The van der Waals surface area contributed by atoms with E-state index < -0.39 is 15.9 Å². The maximum absolute atomic E-state index is 12.7. The van der Waals surface area contributed by atoms with Gasteiger partial charge in [-0.3, -0.25) is 14.3 Å². The Morgan fingerprint density at radius 3 is 2.53 bits per heavy atom. The first-order valence-corrected chi connectivity index (χ1v) is 12.4. The number of amides is 2.